The number of ketones is 2. The maximum absolute atomic E-state index is 12.6. The Morgan fingerprint density at radius 3 is 2.28 bits per heavy atom. The van der Waals surface area contributed by atoms with Gasteiger partial charge in [0.25, 0.3) is 0 Å². The molecular weight excluding hydrogens is 643 g/mol. The Kier molecular flexibility index (Phi) is 7.55. The lowest BCUT2D eigenvalue weighted by Gasteiger charge is -2.62. The molecule has 2 saturated heterocycles. The number of rotatable bonds is 2. The van der Waals surface area contributed by atoms with Gasteiger partial charge in [-0.1, -0.05) is 18.2 Å². The first-order valence-electron chi connectivity index (χ1n) is 16.5. The number of likely N-dealkylation sites (N-methyl/N-ethyl adjacent to an activating group) is 1. The van der Waals surface area contributed by atoms with Gasteiger partial charge in [0, 0.05) is 54.6 Å². The topological polar surface area (TPSA) is 120 Å². The maximum Gasteiger partial charge on any atom is 0.174 e. The molecule has 2 aromatic rings. The van der Waals surface area contributed by atoms with Gasteiger partial charge in [0.2, 0.25) is 0 Å². The normalized spacial score (nSPS) is 37.9. The van der Waals surface area contributed by atoms with E-state index in [-0.39, 0.29) is 65.4 Å². The van der Waals surface area contributed by atoms with E-state index in [1.807, 2.05) is 18.2 Å². The highest BCUT2D eigenvalue weighted by Crippen LogP contribution is 2.65. The van der Waals surface area contributed by atoms with Gasteiger partial charge in [-0.15, -0.1) is 31.4 Å². The molecule has 4 aliphatic carbocycles. The van der Waals surface area contributed by atoms with Gasteiger partial charge >= 0.3 is 0 Å². The van der Waals surface area contributed by atoms with Crippen LogP contribution >= 0.6 is 24.8 Å². The van der Waals surface area contributed by atoms with Crippen molar-refractivity contribution in [2.75, 3.05) is 26.7 Å². The Morgan fingerprint density at radius 2 is 1.55 bits per heavy atom. The number of carbonyl (C=O) groups is 2. The Hall–Kier alpha value is -2.82. The number of halogens is 2. The molecular formula is C36H42Cl2N2O7. The average Bonchev–Trinajstić information content (AvgIpc) is 3.57. The van der Waals surface area contributed by atoms with Crippen LogP contribution in [0.5, 0.6) is 23.0 Å². The third kappa shape index (κ3) is 3.83. The largest absolute Gasteiger partial charge is 0.504 e. The van der Waals surface area contributed by atoms with Crippen LogP contribution in [0.2, 0.25) is 0 Å². The fraction of sp³-hybridized carbons (Fsp3) is 0.556. The number of nitrogens with zero attached hydrogens (tertiary/aromatic N) is 2. The molecule has 11 heteroatoms. The van der Waals surface area contributed by atoms with E-state index in [0.717, 1.165) is 55.6 Å². The lowest BCUT2D eigenvalue weighted by Crippen LogP contribution is -2.76. The smallest absolute Gasteiger partial charge is 0.174 e. The van der Waals surface area contributed by atoms with Crippen molar-refractivity contribution in [3.05, 3.63) is 59.2 Å². The molecule has 8 aliphatic rings. The number of Topliss-reactive ketones (excluding diaryl/α,β-unsaturated/α-hetero) is 2. The van der Waals surface area contributed by atoms with Crippen molar-refractivity contribution in [2.45, 2.75) is 92.1 Å². The summed E-state index contributed by atoms with van der Waals surface area (Å²) >= 11 is 0. The van der Waals surface area contributed by atoms with Crippen molar-refractivity contribution in [2.24, 2.45) is 5.92 Å². The Labute approximate surface area is 286 Å². The number of phenols is 2. The highest BCUT2D eigenvalue weighted by molar-refractivity contribution is 5.90. The maximum atomic E-state index is 12.6. The Morgan fingerprint density at radius 1 is 0.894 bits per heavy atom. The zero-order valence-corrected chi connectivity index (χ0v) is 28.1. The highest BCUT2D eigenvalue weighted by Gasteiger charge is 2.73. The Balaban J connectivity index is 0.000000144. The summed E-state index contributed by atoms with van der Waals surface area (Å²) in [6.45, 7) is 6.36. The molecule has 47 heavy (non-hydrogen) atoms. The van der Waals surface area contributed by atoms with Crippen molar-refractivity contribution in [1.82, 2.24) is 9.80 Å². The van der Waals surface area contributed by atoms with E-state index in [4.69, 9.17) is 9.47 Å². The lowest BCUT2D eigenvalue weighted by molar-refractivity contribution is -0.187. The summed E-state index contributed by atoms with van der Waals surface area (Å²) < 4.78 is 12.0. The minimum Gasteiger partial charge on any atom is -0.504 e. The predicted molar refractivity (Wildman–Crippen MR) is 178 cm³/mol. The number of piperidine rings is 2. The van der Waals surface area contributed by atoms with Crippen molar-refractivity contribution in [3.63, 3.8) is 0 Å². The predicted octanol–water partition coefficient (Wildman–Crippen LogP) is 3.78. The number of hydrogen-bond acceptors (Lipinski definition) is 9. The fourth-order valence-electron chi connectivity index (χ4n) is 11.3. The Bertz CT molecular complexity index is 1700. The van der Waals surface area contributed by atoms with E-state index in [1.54, 1.807) is 12.1 Å². The molecule has 0 amide bonds. The number of ether oxygens (including phenoxy) is 2. The van der Waals surface area contributed by atoms with Crippen LogP contribution in [-0.2, 0) is 33.3 Å². The second kappa shape index (κ2) is 10.8. The second-order valence-corrected chi connectivity index (χ2v) is 14.7. The summed E-state index contributed by atoms with van der Waals surface area (Å²) in [7, 11) is 2.20. The molecule has 4 fully saturated rings. The van der Waals surface area contributed by atoms with Crippen LogP contribution in [0.25, 0.3) is 0 Å². The molecule has 3 N–H and O–H groups in total. The number of phenolic OH excluding ortho intramolecular Hbond substituents is 2. The molecule has 252 valence electrons. The molecule has 0 unspecified atom stereocenters. The van der Waals surface area contributed by atoms with Gasteiger partial charge in [-0.3, -0.25) is 14.5 Å². The molecule has 2 aromatic carbocycles. The van der Waals surface area contributed by atoms with Gasteiger partial charge in [-0.05, 0) is 81.3 Å². The first kappa shape index (κ1) is 32.7. The van der Waals surface area contributed by atoms with Gasteiger partial charge < -0.3 is 29.7 Å². The van der Waals surface area contributed by atoms with Gasteiger partial charge in [-0.2, -0.15) is 0 Å². The van der Waals surface area contributed by atoms with E-state index in [2.05, 4.69) is 23.4 Å². The van der Waals surface area contributed by atoms with Crippen molar-refractivity contribution in [3.8, 4) is 23.0 Å². The minimum absolute atomic E-state index is 0. The fourth-order valence-corrected chi connectivity index (χ4v) is 11.3. The summed E-state index contributed by atoms with van der Waals surface area (Å²) in [6.07, 6.45) is 6.53. The first-order chi connectivity index (χ1) is 21.7. The van der Waals surface area contributed by atoms with E-state index in [9.17, 15) is 24.9 Å². The van der Waals surface area contributed by atoms with E-state index in [0.29, 0.717) is 55.6 Å². The lowest BCUT2D eigenvalue weighted by atomic mass is 9.49. The SMILES string of the molecule is C=CCN1CC[C@]23c4c5ccc(O)c4O[C@H]2C(=O)CC[C@@]3(O)[C@H]1C5.CN1CC[C@]23c4c5ccc(O)c4O[C@H]2C(=O)CC[C@H]3[C@H]1C5.Cl.Cl. The van der Waals surface area contributed by atoms with E-state index >= 15 is 0 Å². The van der Waals surface area contributed by atoms with Gasteiger partial charge in [0.05, 0.1) is 11.0 Å². The zero-order chi connectivity index (χ0) is 31.0. The molecule has 0 aromatic heterocycles. The van der Waals surface area contributed by atoms with Crippen LogP contribution in [0.1, 0.15) is 60.8 Å². The quantitative estimate of drug-likeness (QED) is 0.406. The van der Waals surface area contributed by atoms with Crippen LogP contribution in [0, 0.1) is 5.92 Å². The molecule has 8 atom stereocenters. The van der Waals surface area contributed by atoms with Crippen LogP contribution in [0.15, 0.2) is 36.9 Å². The molecule has 2 spiro atoms. The summed E-state index contributed by atoms with van der Waals surface area (Å²) in [5.74, 6) is 2.02. The molecule has 4 aliphatic heterocycles. The number of benzene rings is 2. The van der Waals surface area contributed by atoms with Crippen LogP contribution in [0.3, 0.4) is 0 Å². The highest BCUT2D eigenvalue weighted by atomic mass is 35.5. The van der Waals surface area contributed by atoms with E-state index in [1.165, 1.54) is 5.56 Å². The van der Waals surface area contributed by atoms with Crippen LogP contribution in [-0.4, -0.2) is 93.3 Å². The first-order valence-corrected chi connectivity index (χ1v) is 16.5. The van der Waals surface area contributed by atoms with Crippen LogP contribution < -0.4 is 9.47 Å². The zero-order valence-electron chi connectivity index (χ0n) is 26.4. The molecule has 4 bridgehead atoms. The molecule has 9 nitrogen and oxygen atoms in total. The summed E-state index contributed by atoms with van der Waals surface area (Å²) in [4.78, 5) is 29.9. The third-order valence-corrected chi connectivity index (χ3v) is 13.1. The second-order valence-electron chi connectivity index (χ2n) is 14.7. The average molecular weight is 686 g/mol. The summed E-state index contributed by atoms with van der Waals surface area (Å²) in [5, 5.41) is 32.3. The molecule has 2 saturated carbocycles. The van der Waals surface area contributed by atoms with Gasteiger partial charge in [-0.25, -0.2) is 0 Å². The molecule has 0 radical (unpaired) electrons. The summed E-state index contributed by atoms with van der Waals surface area (Å²) in [5.41, 5.74) is 2.52. The standard InChI is InChI=1S/C19H21NO4.C17H19NO3.2ClH/c1-2-8-20-9-7-18-15-11-3-4-12(21)16(15)24-17(18)13(22)5-6-19(18,23)14(20)10-11;1-18-7-6-17-10-3-5-13(20)16(17)21-15-12(19)4-2-9(14(15)17)8-11(10)18;;/h2-4,14,17,21,23H,1,5-10H2;2,4,10-11,16,19H,3,5-8H2,1H3;2*1H/t14-,17+,18+,19-;10-,11+,16-,17-;;/m10../s1. The van der Waals surface area contributed by atoms with Crippen molar-refractivity contribution < 1.29 is 34.4 Å². The molecule has 10 rings (SSSR count). The van der Waals surface area contributed by atoms with Gasteiger partial charge in [0.15, 0.2) is 46.8 Å². The number of likely N-dealkylation sites (tertiary alicyclic amines) is 2. The van der Waals surface area contributed by atoms with Crippen molar-refractivity contribution in [1.29, 1.82) is 0 Å². The third-order valence-electron chi connectivity index (χ3n) is 13.1. The number of carbonyl (C=O) groups excluding carboxylic acids is 2. The molecule has 4 heterocycles. The monoisotopic (exact) mass is 684 g/mol. The van der Waals surface area contributed by atoms with Gasteiger partial charge in [0.1, 0.15) is 0 Å². The number of aromatic hydroxyl groups is 2. The minimum atomic E-state index is -1.00. The van der Waals surface area contributed by atoms with Crippen LogP contribution in [0.4, 0.5) is 0 Å². The number of hydrogen-bond donors (Lipinski definition) is 3. The van der Waals surface area contributed by atoms with E-state index < -0.39 is 17.1 Å². The number of aliphatic hydroxyl groups is 1. The summed E-state index contributed by atoms with van der Waals surface area (Å²) in [6, 6.07) is 7.77. The van der Waals surface area contributed by atoms with Crippen molar-refractivity contribution >= 4 is 36.4 Å².